The van der Waals surface area contributed by atoms with Gasteiger partial charge in [-0.2, -0.15) is 0 Å². The molecule has 178 valence electrons. The summed E-state index contributed by atoms with van der Waals surface area (Å²) in [6.07, 6.45) is 12.1. The van der Waals surface area contributed by atoms with Crippen LogP contribution in [0.2, 0.25) is 0 Å². The summed E-state index contributed by atoms with van der Waals surface area (Å²) in [7, 11) is 0. The number of rotatable bonds is 17. The Balaban J connectivity index is 2.43. The number of esters is 1. The number of unbranched alkanes of at least 4 members (excludes halogenated alkanes) is 10. The molecule has 8 heteroatoms. The molecular weight excluding hydrogens is 414 g/mol. The molecule has 0 aliphatic rings. The second kappa shape index (κ2) is 14.3. The number of benzene rings is 1. The lowest BCUT2D eigenvalue weighted by Crippen LogP contribution is -2.46. The second-order valence-corrected chi connectivity index (χ2v) is 8.28. The van der Waals surface area contributed by atoms with Crippen LogP contribution in [-0.4, -0.2) is 27.8 Å². The molecule has 1 N–H and O–H groups in total. The Bertz CT molecular complexity index is 760. The predicted molar refractivity (Wildman–Crippen MR) is 121 cm³/mol. The number of carbonyl (C=O) groups is 3. The number of carbonyl (C=O) groups excluding carboxylic acids is 2. The molecule has 0 aromatic heterocycles. The van der Waals surface area contributed by atoms with Crippen LogP contribution < -0.4 is 4.74 Å². The summed E-state index contributed by atoms with van der Waals surface area (Å²) in [5.41, 5.74) is -2.52. The zero-order valence-electron chi connectivity index (χ0n) is 19.1. The van der Waals surface area contributed by atoms with Crippen LogP contribution in [0, 0.1) is 15.5 Å². The van der Waals surface area contributed by atoms with Crippen molar-refractivity contribution in [3.05, 3.63) is 34.4 Å². The van der Waals surface area contributed by atoms with Crippen LogP contribution in [0.4, 0.5) is 5.69 Å². The van der Waals surface area contributed by atoms with Crippen molar-refractivity contribution in [2.24, 2.45) is 5.41 Å². The molecule has 1 unspecified atom stereocenters. The van der Waals surface area contributed by atoms with E-state index in [1.807, 2.05) is 0 Å². The molecule has 8 nitrogen and oxygen atoms in total. The number of non-ortho nitro benzene ring substituents is 1. The number of carboxylic acid groups (broad SMARTS) is 1. The zero-order valence-corrected chi connectivity index (χ0v) is 19.1. The minimum absolute atomic E-state index is 0.0187. The molecule has 0 saturated heterocycles. The Morgan fingerprint density at radius 1 is 0.906 bits per heavy atom. The van der Waals surface area contributed by atoms with Crippen molar-refractivity contribution in [3.8, 4) is 5.75 Å². The third-order valence-corrected chi connectivity index (χ3v) is 5.66. The Morgan fingerprint density at radius 3 is 1.81 bits per heavy atom. The summed E-state index contributed by atoms with van der Waals surface area (Å²) in [5.74, 6) is -3.53. The molecule has 0 aliphatic heterocycles. The fraction of sp³-hybridized carbons (Fsp3) is 0.625. The normalized spacial score (nSPS) is 12.7. The number of ether oxygens (including phenoxy) is 1. The van der Waals surface area contributed by atoms with Gasteiger partial charge >= 0.3 is 11.9 Å². The van der Waals surface area contributed by atoms with Crippen molar-refractivity contribution in [1.29, 1.82) is 0 Å². The minimum Gasteiger partial charge on any atom is -0.480 e. The standard InChI is InChI=1S/C24H35NO7/c1-3-4-5-6-7-8-9-10-11-12-13-14-21(26)24(2,22(27)28)23(29)32-20-17-15-19(16-18-20)25(30)31/h15-18H,3-14H2,1-2H3,(H,27,28). The number of nitrogens with zero attached hydrogens (tertiary/aromatic N) is 1. The van der Waals surface area contributed by atoms with Crippen LogP contribution in [0.5, 0.6) is 5.75 Å². The minimum atomic E-state index is -2.32. The van der Waals surface area contributed by atoms with E-state index in [2.05, 4.69) is 6.92 Å². The highest BCUT2D eigenvalue weighted by atomic mass is 16.6. The number of Topliss-reactive ketones (excluding diaryl/α,β-unsaturated/α-hetero) is 1. The highest BCUT2D eigenvalue weighted by molar-refractivity contribution is 6.19. The third kappa shape index (κ3) is 8.77. The number of aliphatic carboxylic acids is 1. The van der Waals surface area contributed by atoms with Crippen LogP contribution >= 0.6 is 0 Å². The van der Waals surface area contributed by atoms with E-state index in [0.29, 0.717) is 6.42 Å². The van der Waals surface area contributed by atoms with Crippen LogP contribution in [0.1, 0.15) is 90.9 Å². The summed E-state index contributed by atoms with van der Waals surface area (Å²) in [6, 6.07) is 4.64. The number of hydrogen-bond donors (Lipinski definition) is 1. The molecule has 0 aliphatic carbocycles. The molecule has 32 heavy (non-hydrogen) atoms. The highest BCUT2D eigenvalue weighted by Crippen LogP contribution is 2.26. The first kappa shape index (κ1) is 27.3. The van der Waals surface area contributed by atoms with Gasteiger partial charge in [0.25, 0.3) is 5.69 Å². The maximum atomic E-state index is 12.6. The number of ketones is 1. The van der Waals surface area contributed by atoms with E-state index in [1.54, 1.807) is 0 Å². The maximum Gasteiger partial charge on any atom is 0.336 e. The molecule has 0 radical (unpaired) electrons. The van der Waals surface area contributed by atoms with E-state index in [9.17, 15) is 29.6 Å². The summed E-state index contributed by atoms with van der Waals surface area (Å²) in [6.45, 7) is 3.25. The van der Waals surface area contributed by atoms with Crippen molar-refractivity contribution in [3.63, 3.8) is 0 Å². The van der Waals surface area contributed by atoms with Gasteiger partial charge in [-0.15, -0.1) is 0 Å². The first-order valence-corrected chi connectivity index (χ1v) is 11.5. The Kier molecular flexibility index (Phi) is 12.2. The van der Waals surface area contributed by atoms with Gasteiger partial charge in [-0.3, -0.25) is 19.7 Å². The zero-order chi connectivity index (χ0) is 24.0. The third-order valence-electron chi connectivity index (χ3n) is 5.66. The maximum absolute atomic E-state index is 12.6. The fourth-order valence-corrected chi connectivity index (χ4v) is 3.37. The van der Waals surface area contributed by atoms with Gasteiger partial charge in [-0.05, 0) is 25.5 Å². The lowest BCUT2D eigenvalue weighted by molar-refractivity contribution is -0.384. The Hall–Kier alpha value is -2.77. The lowest BCUT2D eigenvalue weighted by atomic mass is 9.83. The molecule has 0 heterocycles. The highest BCUT2D eigenvalue weighted by Gasteiger charge is 2.49. The average Bonchev–Trinajstić information content (AvgIpc) is 2.76. The van der Waals surface area contributed by atoms with Gasteiger partial charge in [0.15, 0.2) is 5.78 Å². The quantitative estimate of drug-likeness (QED) is 0.0788. The van der Waals surface area contributed by atoms with Crippen LogP contribution in [-0.2, 0) is 14.4 Å². The van der Waals surface area contributed by atoms with E-state index in [0.717, 1.165) is 44.7 Å². The summed E-state index contributed by atoms with van der Waals surface area (Å²) in [5, 5.41) is 20.2. The molecule has 0 bridgehead atoms. The van der Waals surface area contributed by atoms with Crippen molar-refractivity contribution in [1.82, 2.24) is 0 Å². The molecule has 1 aromatic carbocycles. The van der Waals surface area contributed by atoms with Crippen LogP contribution in [0.3, 0.4) is 0 Å². The predicted octanol–water partition coefficient (Wildman–Crippen LogP) is 5.86. The topological polar surface area (TPSA) is 124 Å². The largest absolute Gasteiger partial charge is 0.480 e. The summed E-state index contributed by atoms with van der Waals surface area (Å²) < 4.78 is 5.04. The number of nitro groups is 1. The van der Waals surface area contributed by atoms with Crippen molar-refractivity contribution < 1.29 is 29.2 Å². The van der Waals surface area contributed by atoms with E-state index in [4.69, 9.17) is 4.74 Å². The average molecular weight is 450 g/mol. The number of carboxylic acids is 1. The van der Waals surface area contributed by atoms with E-state index >= 15 is 0 Å². The van der Waals surface area contributed by atoms with Crippen LogP contribution in [0.15, 0.2) is 24.3 Å². The van der Waals surface area contributed by atoms with Gasteiger partial charge in [-0.25, -0.2) is 4.79 Å². The second-order valence-electron chi connectivity index (χ2n) is 8.28. The lowest BCUT2D eigenvalue weighted by Gasteiger charge is -2.21. The molecule has 0 saturated carbocycles. The van der Waals surface area contributed by atoms with Gasteiger partial charge in [0.1, 0.15) is 5.75 Å². The van der Waals surface area contributed by atoms with Crippen LogP contribution in [0.25, 0.3) is 0 Å². The van der Waals surface area contributed by atoms with Crippen molar-refractivity contribution in [2.75, 3.05) is 0 Å². The molecule has 0 spiro atoms. The molecule has 0 fully saturated rings. The SMILES string of the molecule is CCCCCCCCCCCCCC(=O)C(C)(C(=O)O)C(=O)Oc1ccc([N+](=O)[O-])cc1. The monoisotopic (exact) mass is 449 g/mol. The van der Waals surface area contributed by atoms with Crippen molar-refractivity contribution in [2.45, 2.75) is 90.9 Å². The number of hydrogen-bond acceptors (Lipinski definition) is 6. The first-order valence-electron chi connectivity index (χ1n) is 11.5. The fourth-order valence-electron chi connectivity index (χ4n) is 3.37. The number of nitro benzene ring substituents is 1. The van der Waals surface area contributed by atoms with Crippen molar-refractivity contribution >= 4 is 23.4 Å². The van der Waals surface area contributed by atoms with E-state index < -0.39 is 28.1 Å². The van der Waals surface area contributed by atoms with E-state index in [1.165, 1.54) is 50.7 Å². The Morgan fingerprint density at radius 2 is 1.38 bits per heavy atom. The summed E-state index contributed by atoms with van der Waals surface area (Å²) in [4.78, 5) is 46.9. The van der Waals surface area contributed by atoms with E-state index in [-0.39, 0.29) is 17.9 Å². The molecule has 1 rings (SSSR count). The van der Waals surface area contributed by atoms with Gasteiger partial charge in [0, 0.05) is 18.6 Å². The Labute approximate surface area is 189 Å². The van der Waals surface area contributed by atoms with Gasteiger partial charge in [0.05, 0.1) is 4.92 Å². The molecule has 0 amide bonds. The summed E-state index contributed by atoms with van der Waals surface area (Å²) >= 11 is 0. The van der Waals surface area contributed by atoms with Gasteiger partial charge < -0.3 is 9.84 Å². The van der Waals surface area contributed by atoms with Gasteiger partial charge in [0.2, 0.25) is 5.41 Å². The smallest absolute Gasteiger partial charge is 0.336 e. The molecule has 1 aromatic rings. The molecular formula is C24H35NO7. The van der Waals surface area contributed by atoms with Gasteiger partial charge in [-0.1, -0.05) is 71.1 Å². The first-order chi connectivity index (χ1) is 15.2. The molecule has 1 atom stereocenters.